The maximum absolute atomic E-state index is 11.8. The number of ketones is 1. The van der Waals surface area contributed by atoms with Crippen LogP contribution in [0.4, 0.5) is 0 Å². The molecule has 0 spiro atoms. The molecule has 4 heteroatoms. The van der Waals surface area contributed by atoms with Crippen molar-refractivity contribution in [1.82, 2.24) is 4.90 Å². The molecule has 1 amide bonds. The van der Waals surface area contributed by atoms with Gasteiger partial charge in [0.25, 0.3) is 0 Å². The van der Waals surface area contributed by atoms with Crippen molar-refractivity contribution < 1.29 is 9.59 Å². The van der Waals surface area contributed by atoms with Gasteiger partial charge in [-0.05, 0) is 26.2 Å². The summed E-state index contributed by atoms with van der Waals surface area (Å²) < 4.78 is 0. The van der Waals surface area contributed by atoms with Crippen molar-refractivity contribution in [2.45, 2.75) is 37.4 Å². The minimum Gasteiger partial charge on any atom is -0.347 e. The van der Waals surface area contributed by atoms with Gasteiger partial charge in [0, 0.05) is 20.5 Å². The molecule has 3 nitrogen and oxygen atoms in total. The van der Waals surface area contributed by atoms with Crippen LogP contribution >= 0.6 is 15.9 Å². The lowest BCUT2D eigenvalue weighted by Gasteiger charge is -2.14. The van der Waals surface area contributed by atoms with Gasteiger partial charge in [-0.15, -0.1) is 6.58 Å². The fourth-order valence-corrected chi connectivity index (χ4v) is 2.00. The van der Waals surface area contributed by atoms with E-state index in [9.17, 15) is 9.59 Å². The highest BCUT2D eigenvalue weighted by atomic mass is 79.9. The molecule has 0 aliphatic carbocycles. The van der Waals surface area contributed by atoms with Crippen LogP contribution in [0, 0.1) is 0 Å². The number of alkyl halides is 1. The van der Waals surface area contributed by atoms with Crippen molar-refractivity contribution in [3.05, 3.63) is 24.3 Å². The molecule has 1 atom stereocenters. The van der Waals surface area contributed by atoms with Crippen molar-refractivity contribution in [2.24, 2.45) is 0 Å². The third-order valence-electron chi connectivity index (χ3n) is 2.57. The van der Waals surface area contributed by atoms with Crippen molar-refractivity contribution >= 4 is 27.6 Å². The van der Waals surface area contributed by atoms with E-state index in [4.69, 9.17) is 0 Å². The van der Waals surface area contributed by atoms with Crippen molar-refractivity contribution in [3.63, 3.8) is 0 Å². The van der Waals surface area contributed by atoms with Gasteiger partial charge in [0.2, 0.25) is 5.91 Å². The van der Waals surface area contributed by atoms with E-state index < -0.39 is 4.83 Å². The molecular weight excluding hydrogens is 294 g/mol. The van der Waals surface area contributed by atoms with E-state index in [2.05, 4.69) is 28.6 Å². The lowest BCUT2D eigenvalue weighted by molar-refractivity contribution is -0.132. The maximum atomic E-state index is 11.8. The van der Waals surface area contributed by atoms with Crippen LogP contribution in [0.1, 0.15) is 32.6 Å². The van der Waals surface area contributed by atoms with Crippen LogP contribution in [-0.2, 0) is 9.59 Å². The summed E-state index contributed by atoms with van der Waals surface area (Å²) in [6.45, 7) is 5.67. The number of unbranched alkanes of at least 4 members (excludes halogenated alkanes) is 1. The number of hydrogen-bond acceptors (Lipinski definition) is 2. The largest absolute Gasteiger partial charge is 0.347 e. The van der Waals surface area contributed by atoms with E-state index in [1.54, 1.807) is 14.1 Å². The molecule has 0 aliphatic rings. The van der Waals surface area contributed by atoms with Crippen LogP contribution in [0.2, 0.25) is 0 Å². The topological polar surface area (TPSA) is 37.4 Å². The normalized spacial score (nSPS) is 13.0. The van der Waals surface area contributed by atoms with Gasteiger partial charge >= 0.3 is 0 Å². The molecule has 0 fully saturated rings. The Kier molecular flexibility index (Phi) is 8.63. The van der Waals surface area contributed by atoms with Crippen LogP contribution in [0.5, 0.6) is 0 Å². The molecular formula is C14H22BrNO2. The Bertz CT molecular complexity index is 335. The van der Waals surface area contributed by atoms with Gasteiger partial charge in [-0.25, -0.2) is 0 Å². The summed E-state index contributed by atoms with van der Waals surface area (Å²) >= 11 is 3.15. The first kappa shape index (κ1) is 17.1. The zero-order chi connectivity index (χ0) is 14.1. The van der Waals surface area contributed by atoms with Crippen LogP contribution in [0.3, 0.4) is 0 Å². The highest BCUT2D eigenvalue weighted by Gasteiger charge is 2.24. The summed E-state index contributed by atoms with van der Waals surface area (Å²) in [5, 5.41) is 0. The summed E-state index contributed by atoms with van der Waals surface area (Å²) in [5.74, 6) is -0.265. The summed E-state index contributed by atoms with van der Waals surface area (Å²) in [4.78, 5) is 24.1. The second-order valence-corrected chi connectivity index (χ2v) is 5.39. The van der Waals surface area contributed by atoms with Crippen LogP contribution in [0.15, 0.2) is 24.3 Å². The number of hydrogen-bond donors (Lipinski definition) is 0. The molecule has 0 N–H and O–H groups in total. The fourth-order valence-electron chi connectivity index (χ4n) is 1.36. The van der Waals surface area contributed by atoms with E-state index in [0.29, 0.717) is 12.8 Å². The van der Waals surface area contributed by atoms with E-state index in [1.807, 2.05) is 13.0 Å². The summed E-state index contributed by atoms with van der Waals surface area (Å²) in [7, 11) is 3.29. The molecule has 0 saturated heterocycles. The third kappa shape index (κ3) is 6.74. The highest BCUT2D eigenvalue weighted by Crippen LogP contribution is 2.13. The van der Waals surface area contributed by atoms with Crippen LogP contribution in [-0.4, -0.2) is 35.5 Å². The zero-order valence-electron chi connectivity index (χ0n) is 11.4. The summed E-state index contributed by atoms with van der Waals surface area (Å²) in [6.07, 6.45) is 7.00. The molecule has 0 aromatic heterocycles. The van der Waals surface area contributed by atoms with Gasteiger partial charge < -0.3 is 4.90 Å². The monoisotopic (exact) mass is 315 g/mol. The Hall–Kier alpha value is -0.900. The molecule has 102 valence electrons. The summed E-state index contributed by atoms with van der Waals surface area (Å²) in [5.41, 5.74) is 1.18. The first-order valence-corrected chi connectivity index (χ1v) is 6.96. The quantitative estimate of drug-likeness (QED) is 0.299. The molecule has 0 saturated carbocycles. The minimum atomic E-state index is -0.714. The summed E-state index contributed by atoms with van der Waals surface area (Å²) in [6, 6.07) is 0. The van der Waals surface area contributed by atoms with Gasteiger partial charge in [0.1, 0.15) is 0 Å². The van der Waals surface area contributed by atoms with Gasteiger partial charge in [0.15, 0.2) is 10.6 Å². The van der Waals surface area contributed by atoms with E-state index >= 15 is 0 Å². The SMILES string of the molecule is C=CCC/C=C(\C)CCC(=O)C(Br)C(=O)N(C)C. The molecule has 0 radical (unpaired) electrons. The average Bonchev–Trinajstić information content (AvgIpc) is 2.34. The zero-order valence-corrected chi connectivity index (χ0v) is 13.0. The molecule has 0 aromatic carbocycles. The number of Topliss-reactive ketones (excluding diaryl/α,β-unsaturated/α-hetero) is 1. The van der Waals surface area contributed by atoms with Crippen LogP contribution < -0.4 is 0 Å². The van der Waals surface area contributed by atoms with Crippen molar-refractivity contribution in [3.8, 4) is 0 Å². The standard InChI is InChI=1S/C14H22BrNO2/c1-5-6-7-8-11(2)9-10-12(17)13(15)14(18)16(3)4/h5,8,13H,1,6-7,9-10H2,2-4H3/b11-8+. The molecule has 18 heavy (non-hydrogen) atoms. The van der Waals surface area contributed by atoms with Gasteiger partial charge in [-0.3, -0.25) is 9.59 Å². The number of allylic oxidation sites excluding steroid dienone is 3. The molecule has 0 bridgehead atoms. The molecule has 0 heterocycles. The van der Waals surface area contributed by atoms with Crippen molar-refractivity contribution in [2.75, 3.05) is 14.1 Å². The average molecular weight is 316 g/mol. The van der Waals surface area contributed by atoms with Gasteiger partial charge in [-0.2, -0.15) is 0 Å². The minimum absolute atomic E-state index is 0.0647. The maximum Gasteiger partial charge on any atom is 0.243 e. The molecule has 0 aromatic rings. The number of rotatable bonds is 8. The van der Waals surface area contributed by atoms with Crippen LogP contribution in [0.25, 0.3) is 0 Å². The van der Waals surface area contributed by atoms with E-state index in [1.165, 1.54) is 10.5 Å². The van der Waals surface area contributed by atoms with E-state index in [-0.39, 0.29) is 11.7 Å². The Balaban J connectivity index is 4.13. The second-order valence-electron chi connectivity index (χ2n) is 4.48. The smallest absolute Gasteiger partial charge is 0.243 e. The Morgan fingerprint density at radius 3 is 2.39 bits per heavy atom. The predicted molar refractivity (Wildman–Crippen MR) is 78.8 cm³/mol. The second kappa shape index (κ2) is 9.09. The Morgan fingerprint density at radius 1 is 1.28 bits per heavy atom. The fraction of sp³-hybridized carbons (Fsp3) is 0.571. The molecule has 0 aliphatic heterocycles. The Labute approximate surface area is 118 Å². The first-order valence-electron chi connectivity index (χ1n) is 6.04. The number of nitrogens with zero attached hydrogens (tertiary/aromatic N) is 1. The lowest BCUT2D eigenvalue weighted by atomic mass is 10.1. The molecule has 1 unspecified atom stereocenters. The number of carbonyl (C=O) groups excluding carboxylic acids is 2. The first-order chi connectivity index (χ1) is 8.40. The van der Waals surface area contributed by atoms with Gasteiger partial charge in [0.05, 0.1) is 0 Å². The third-order valence-corrected chi connectivity index (χ3v) is 3.47. The van der Waals surface area contributed by atoms with E-state index in [0.717, 1.165) is 12.8 Å². The highest BCUT2D eigenvalue weighted by molar-refractivity contribution is 9.10. The number of amides is 1. The number of halogens is 1. The number of carbonyl (C=O) groups is 2. The molecule has 0 rings (SSSR count). The Morgan fingerprint density at radius 2 is 1.89 bits per heavy atom. The lowest BCUT2D eigenvalue weighted by Crippen LogP contribution is -2.35. The predicted octanol–water partition coefficient (Wildman–Crippen LogP) is 3.10. The van der Waals surface area contributed by atoms with Gasteiger partial charge in [-0.1, -0.05) is 33.7 Å². The van der Waals surface area contributed by atoms with Crippen molar-refractivity contribution in [1.29, 1.82) is 0 Å².